The monoisotopic (exact) mass is 416 g/mol. The van der Waals surface area contributed by atoms with Crippen molar-refractivity contribution < 1.29 is 4.79 Å². The number of rotatable bonds is 9. The lowest BCUT2D eigenvalue weighted by Gasteiger charge is -2.16. The third-order valence-electron chi connectivity index (χ3n) is 3.99. The second-order valence-electron chi connectivity index (χ2n) is 6.47. The van der Waals surface area contributed by atoms with Crippen LogP contribution in [0.4, 0.5) is 5.69 Å². The van der Waals surface area contributed by atoms with Crippen LogP contribution in [0.3, 0.4) is 0 Å². The lowest BCUT2D eigenvalue weighted by molar-refractivity contribution is -0.115. The molecule has 1 aliphatic carbocycles. The standard InChI is InChI=1S/C18H24N4OS.2ClH/c1-22(11-17-12-24-13-20-17)10-15-3-2-4-16(7-15)21-18(23)9-19-8-14-5-6-14;;/h2-4,7,12-14,19H,5-6,8-11H2,1H3,(H,21,23);2*1H. The van der Waals surface area contributed by atoms with Gasteiger partial charge in [0.05, 0.1) is 17.7 Å². The summed E-state index contributed by atoms with van der Waals surface area (Å²) in [6.45, 7) is 2.98. The molecule has 0 saturated heterocycles. The Kier molecular flexibility index (Phi) is 10.1. The molecule has 1 aromatic heterocycles. The van der Waals surface area contributed by atoms with Crippen molar-refractivity contribution in [2.75, 3.05) is 25.5 Å². The molecule has 0 unspecified atom stereocenters. The van der Waals surface area contributed by atoms with E-state index in [1.165, 1.54) is 18.4 Å². The highest BCUT2D eigenvalue weighted by Gasteiger charge is 2.20. The van der Waals surface area contributed by atoms with Crippen LogP contribution >= 0.6 is 36.2 Å². The van der Waals surface area contributed by atoms with Crippen molar-refractivity contribution >= 4 is 47.7 Å². The average Bonchev–Trinajstić information content (AvgIpc) is 3.22. The van der Waals surface area contributed by atoms with E-state index in [0.29, 0.717) is 6.54 Å². The third kappa shape index (κ3) is 8.01. The summed E-state index contributed by atoms with van der Waals surface area (Å²) in [7, 11) is 2.08. The predicted octanol–water partition coefficient (Wildman–Crippen LogP) is 3.56. The first-order valence-corrected chi connectivity index (χ1v) is 9.28. The molecule has 0 aliphatic heterocycles. The van der Waals surface area contributed by atoms with E-state index in [0.717, 1.165) is 36.9 Å². The van der Waals surface area contributed by atoms with Crippen LogP contribution in [0.1, 0.15) is 24.1 Å². The molecule has 0 atom stereocenters. The second kappa shape index (κ2) is 11.5. The van der Waals surface area contributed by atoms with Crippen molar-refractivity contribution in [1.29, 1.82) is 0 Å². The van der Waals surface area contributed by atoms with Gasteiger partial charge in [-0.1, -0.05) is 12.1 Å². The number of nitrogens with zero attached hydrogens (tertiary/aromatic N) is 2. The molecule has 1 heterocycles. The van der Waals surface area contributed by atoms with E-state index >= 15 is 0 Å². The Hall–Kier alpha value is -1.18. The van der Waals surface area contributed by atoms with E-state index in [1.54, 1.807) is 11.3 Å². The summed E-state index contributed by atoms with van der Waals surface area (Å²) in [5, 5.41) is 8.25. The van der Waals surface area contributed by atoms with Gasteiger partial charge in [0, 0.05) is 24.2 Å². The van der Waals surface area contributed by atoms with Gasteiger partial charge in [-0.15, -0.1) is 36.2 Å². The lowest BCUT2D eigenvalue weighted by atomic mass is 10.2. The minimum atomic E-state index is 0. The first-order chi connectivity index (χ1) is 11.7. The van der Waals surface area contributed by atoms with Gasteiger partial charge in [-0.25, -0.2) is 4.98 Å². The molecule has 1 aliphatic rings. The normalized spacial score (nSPS) is 13.0. The number of carbonyl (C=O) groups excluding carboxylic acids is 1. The van der Waals surface area contributed by atoms with Crippen LogP contribution in [-0.2, 0) is 17.9 Å². The van der Waals surface area contributed by atoms with E-state index in [1.807, 2.05) is 23.7 Å². The number of anilines is 1. The Morgan fingerprint density at radius 1 is 1.31 bits per heavy atom. The summed E-state index contributed by atoms with van der Waals surface area (Å²) in [6, 6.07) is 8.04. The predicted molar refractivity (Wildman–Crippen MR) is 112 cm³/mol. The van der Waals surface area contributed by atoms with Crippen molar-refractivity contribution in [3.05, 3.63) is 46.4 Å². The molecule has 1 amide bonds. The fourth-order valence-corrected chi connectivity index (χ4v) is 3.17. The fourth-order valence-electron chi connectivity index (χ4n) is 2.62. The van der Waals surface area contributed by atoms with Gasteiger partial charge in [0.2, 0.25) is 5.91 Å². The van der Waals surface area contributed by atoms with Gasteiger partial charge >= 0.3 is 0 Å². The Morgan fingerprint density at radius 3 is 2.81 bits per heavy atom. The van der Waals surface area contributed by atoms with Gasteiger partial charge in [-0.2, -0.15) is 0 Å². The molecule has 8 heteroatoms. The molecule has 2 aromatic rings. The molecule has 5 nitrogen and oxygen atoms in total. The molecular weight excluding hydrogens is 391 g/mol. The number of amides is 1. The van der Waals surface area contributed by atoms with Crippen LogP contribution in [-0.4, -0.2) is 35.9 Å². The highest BCUT2D eigenvalue weighted by atomic mass is 35.5. The van der Waals surface area contributed by atoms with Crippen LogP contribution in [0.15, 0.2) is 35.2 Å². The number of carbonyl (C=O) groups is 1. The maximum absolute atomic E-state index is 12.0. The summed E-state index contributed by atoms with van der Waals surface area (Å²) in [5.41, 5.74) is 4.98. The fraction of sp³-hybridized carbons (Fsp3) is 0.444. The molecule has 0 spiro atoms. The number of aromatic nitrogens is 1. The second-order valence-corrected chi connectivity index (χ2v) is 7.19. The molecule has 1 saturated carbocycles. The van der Waals surface area contributed by atoms with E-state index in [-0.39, 0.29) is 30.7 Å². The highest BCUT2D eigenvalue weighted by molar-refractivity contribution is 7.07. The van der Waals surface area contributed by atoms with Crippen molar-refractivity contribution in [1.82, 2.24) is 15.2 Å². The first-order valence-electron chi connectivity index (χ1n) is 8.34. The Morgan fingerprint density at radius 2 is 2.12 bits per heavy atom. The summed E-state index contributed by atoms with van der Waals surface area (Å²) in [4.78, 5) is 18.5. The summed E-state index contributed by atoms with van der Waals surface area (Å²) >= 11 is 1.62. The summed E-state index contributed by atoms with van der Waals surface area (Å²) < 4.78 is 0. The van der Waals surface area contributed by atoms with Crippen molar-refractivity contribution in [2.45, 2.75) is 25.9 Å². The molecule has 0 radical (unpaired) electrons. The van der Waals surface area contributed by atoms with Gasteiger partial charge in [-0.3, -0.25) is 9.69 Å². The van der Waals surface area contributed by atoms with Crippen LogP contribution < -0.4 is 10.6 Å². The van der Waals surface area contributed by atoms with E-state index in [9.17, 15) is 4.79 Å². The van der Waals surface area contributed by atoms with Gasteiger partial charge in [0.25, 0.3) is 0 Å². The number of thiazole rings is 1. The molecule has 26 heavy (non-hydrogen) atoms. The van der Waals surface area contributed by atoms with Gasteiger partial charge in [-0.05, 0) is 50.0 Å². The van der Waals surface area contributed by atoms with Gasteiger partial charge < -0.3 is 10.6 Å². The molecule has 2 N–H and O–H groups in total. The number of nitrogens with one attached hydrogen (secondary N) is 2. The highest BCUT2D eigenvalue weighted by Crippen LogP contribution is 2.27. The Labute approximate surface area is 171 Å². The van der Waals surface area contributed by atoms with E-state index in [2.05, 4.69) is 39.0 Å². The lowest BCUT2D eigenvalue weighted by Crippen LogP contribution is -2.29. The van der Waals surface area contributed by atoms with Crippen LogP contribution in [0.25, 0.3) is 0 Å². The Bertz CT molecular complexity index is 665. The topological polar surface area (TPSA) is 57.3 Å². The summed E-state index contributed by atoms with van der Waals surface area (Å²) in [5.74, 6) is 0.804. The molecule has 1 aromatic carbocycles. The van der Waals surface area contributed by atoms with Crippen molar-refractivity contribution in [3.8, 4) is 0 Å². The summed E-state index contributed by atoms with van der Waals surface area (Å²) in [6.07, 6.45) is 2.59. The zero-order valence-electron chi connectivity index (χ0n) is 14.8. The minimum Gasteiger partial charge on any atom is -0.325 e. The maximum atomic E-state index is 12.0. The zero-order valence-corrected chi connectivity index (χ0v) is 17.3. The van der Waals surface area contributed by atoms with Crippen LogP contribution in [0.5, 0.6) is 0 Å². The van der Waals surface area contributed by atoms with Crippen molar-refractivity contribution in [3.63, 3.8) is 0 Å². The SMILES string of the molecule is CN(Cc1cccc(NC(=O)CNCC2CC2)c1)Cc1cscn1.Cl.Cl. The van der Waals surface area contributed by atoms with E-state index in [4.69, 9.17) is 0 Å². The molecule has 144 valence electrons. The number of benzene rings is 1. The third-order valence-corrected chi connectivity index (χ3v) is 4.63. The molecular formula is C18H26Cl2N4OS. The number of hydrogen-bond donors (Lipinski definition) is 2. The minimum absolute atomic E-state index is 0. The van der Waals surface area contributed by atoms with Crippen LogP contribution in [0.2, 0.25) is 0 Å². The van der Waals surface area contributed by atoms with Gasteiger partial charge in [0.1, 0.15) is 0 Å². The quantitative estimate of drug-likeness (QED) is 0.655. The van der Waals surface area contributed by atoms with Gasteiger partial charge in [0.15, 0.2) is 0 Å². The molecule has 0 bridgehead atoms. The zero-order chi connectivity index (χ0) is 16.8. The van der Waals surface area contributed by atoms with E-state index < -0.39 is 0 Å². The molecule has 3 rings (SSSR count). The maximum Gasteiger partial charge on any atom is 0.238 e. The first kappa shape index (κ1) is 22.9. The van der Waals surface area contributed by atoms with Crippen LogP contribution in [0, 0.1) is 5.92 Å². The van der Waals surface area contributed by atoms with Crippen molar-refractivity contribution in [2.24, 2.45) is 5.92 Å². The smallest absolute Gasteiger partial charge is 0.238 e. The largest absolute Gasteiger partial charge is 0.325 e. The number of hydrogen-bond acceptors (Lipinski definition) is 5. The average molecular weight is 417 g/mol. The molecule has 1 fully saturated rings. The number of halogens is 2. The Balaban J connectivity index is 0.00000169.